The van der Waals surface area contributed by atoms with E-state index in [9.17, 15) is 13.2 Å². The van der Waals surface area contributed by atoms with Gasteiger partial charge in [0.15, 0.2) is 15.5 Å². The van der Waals surface area contributed by atoms with Gasteiger partial charge in [0.25, 0.3) is 5.91 Å². The van der Waals surface area contributed by atoms with Crippen molar-refractivity contribution >= 4 is 21.6 Å². The summed E-state index contributed by atoms with van der Waals surface area (Å²) in [5, 5.41) is 13.6. The average Bonchev–Trinajstić information content (AvgIpc) is 3.15. The molecule has 0 aliphatic carbocycles. The lowest BCUT2D eigenvalue weighted by Gasteiger charge is -2.12. The van der Waals surface area contributed by atoms with Crippen molar-refractivity contribution in [2.45, 2.75) is 31.4 Å². The van der Waals surface area contributed by atoms with Gasteiger partial charge in [-0.15, -0.1) is 10.2 Å². The maximum atomic E-state index is 12.0. The molecule has 2 atom stereocenters. The molecule has 3 rings (SSSR count). The Hall–Kier alpha value is -1.74. The molecule has 9 heteroatoms. The quantitative estimate of drug-likeness (QED) is 0.775. The first-order valence-corrected chi connectivity index (χ1v) is 9.54. The molecule has 0 bridgehead atoms. The fourth-order valence-electron chi connectivity index (χ4n) is 2.75. The van der Waals surface area contributed by atoms with Crippen LogP contribution in [0.15, 0.2) is 12.1 Å². The van der Waals surface area contributed by atoms with Crippen molar-refractivity contribution < 1.29 is 17.9 Å². The number of amides is 1. The van der Waals surface area contributed by atoms with Gasteiger partial charge in [0.1, 0.15) is 5.82 Å². The van der Waals surface area contributed by atoms with Crippen LogP contribution < -0.4 is 10.6 Å². The summed E-state index contributed by atoms with van der Waals surface area (Å²) in [5.74, 6) is 0.492. The Morgan fingerprint density at radius 3 is 2.78 bits per heavy atom. The Labute approximate surface area is 134 Å². The van der Waals surface area contributed by atoms with E-state index in [1.807, 2.05) is 0 Å². The Bertz CT molecular complexity index is 656. The molecule has 3 heterocycles. The van der Waals surface area contributed by atoms with Gasteiger partial charge in [-0.25, -0.2) is 8.42 Å². The zero-order valence-corrected chi connectivity index (χ0v) is 13.5. The van der Waals surface area contributed by atoms with Crippen LogP contribution in [-0.2, 0) is 14.6 Å². The van der Waals surface area contributed by atoms with Crippen molar-refractivity contribution in [3.8, 4) is 0 Å². The van der Waals surface area contributed by atoms with Gasteiger partial charge < -0.3 is 15.4 Å². The lowest BCUT2D eigenvalue weighted by atomic mass is 10.2. The number of carbonyl (C=O) groups excluding carboxylic acids is 1. The maximum Gasteiger partial charge on any atom is 0.271 e. The molecular formula is C14H20N4O4S. The second kappa shape index (κ2) is 6.79. The second-order valence-corrected chi connectivity index (χ2v) is 8.12. The minimum Gasteiger partial charge on any atom is -0.376 e. The molecule has 1 aromatic heterocycles. The molecule has 2 saturated heterocycles. The van der Waals surface area contributed by atoms with Crippen molar-refractivity contribution in [1.82, 2.24) is 15.5 Å². The molecule has 2 unspecified atom stereocenters. The Morgan fingerprint density at radius 1 is 1.30 bits per heavy atom. The molecule has 0 aromatic carbocycles. The first-order chi connectivity index (χ1) is 11.0. The highest BCUT2D eigenvalue weighted by Gasteiger charge is 2.28. The van der Waals surface area contributed by atoms with E-state index in [1.165, 1.54) is 0 Å². The molecule has 0 spiro atoms. The molecule has 2 aliphatic rings. The zero-order chi connectivity index (χ0) is 16.3. The lowest BCUT2D eigenvalue weighted by molar-refractivity contribution is 0.0853. The van der Waals surface area contributed by atoms with E-state index in [1.54, 1.807) is 12.1 Å². The predicted molar refractivity (Wildman–Crippen MR) is 84.0 cm³/mol. The minimum absolute atomic E-state index is 0.0807. The normalized spacial score (nSPS) is 26.1. The summed E-state index contributed by atoms with van der Waals surface area (Å²) >= 11 is 0. The molecule has 0 saturated carbocycles. The number of aromatic nitrogens is 2. The number of carbonyl (C=O) groups is 1. The van der Waals surface area contributed by atoms with Crippen LogP contribution in [-0.4, -0.2) is 61.3 Å². The van der Waals surface area contributed by atoms with Crippen LogP contribution in [0.1, 0.15) is 29.8 Å². The first kappa shape index (κ1) is 16.1. The summed E-state index contributed by atoms with van der Waals surface area (Å²) in [6, 6.07) is 3.07. The van der Waals surface area contributed by atoms with E-state index in [-0.39, 0.29) is 35.3 Å². The Balaban J connectivity index is 1.51. The molecule has 0 radical (unpaired) electrons. The highest BCUT2D eigenvalue weighted by Crippen LogP contribution is 2.16. The topological polar surface area (TPSA) is 110 Å². The largest absolute Gasteiger partial charge is 0.376 e. The highest BCUT2D eigenvalue weighted by molar-refractivity contribution is 7.91. The van der Waals surface area contributed by atoms with Gasteiger partial charge in [-0.1, -0.05) is 0 Å². The van der Waals surface area contributed by atoms with Crippen LogP contribution in [0.2, 0.25) is 0 Å². The second-order valence-electron chi connectivity index (χ2n) is 5.89. The summed E-state index contributed by atoms with van der Waals surface area (Å²) in [6.45, 7) is 1.22. The van der Waals surface area contributed by atoms with Crippen molar-refractivity contribution in [2.24, 2.45) is 0 Å². The van der Waals surface area contributed by atoms with E-state index >= 15 is 0 Å². The number of anilines is 1. The number of hydrogen-bond donors (Lipinski definition) is 2. The van der Waals surface area contributed by atoms with Gasteiger partial charge in [0, 0.05) is 19.2 Å². The van der Waals surface area contributed by atoms with Crippen LogP contribution in [0.3, 0.4) is 0 Å². The summed E-state index contributed by atoms with van der Waals surface area (Å²) in [7, 11) is -2.94. The molecule has 1 amide bonds. The van der Waals surface area contributed by atoms with E-state index < -0.39 is 9.84 Å². The van der Waals surface area contributed by atoms with E-state index in [0.717, 1.165) is 19.4 Å². The van der Waals surface area contributed by atoms with Crippen LogP contribution in [0.4, 0.5) is 5.82 Å². The molecule has 2 N–H and O–H groups in total. The SMILES string of the molecule is O=C(NCC1CCCO1)c1ccc(NC2CCS(=O)(=O)C2)nn1. The molecule has 2 fully saturated rings. The van der Waals surface area contributed by atoms with Gasteiger partial charge in [-0.05, 0) is 31.4 Å². The van der Waals surface area contributed by atoms with Gasteiger partial charge in [-0.3, -0.25) is 4.79 Å². The molecule has 126 valence electrons. The van der Waals surface area contributed by atoms with E-state index in [4.69, 9.17) is 4.74 Å². The van der Waals surface area contributed by atoms with Crippen LogP contribution >= 0.6 is 0 Å². The summed E-state index contributed by atoms with van der Waals surface area (Å²) in [6.07, 6.45) is 2.63. The predicted octanol–water partition coefficient (Wildman–Crippen LogP) is -0.0156. The van der Waals surface area contributed by atoms with E-state index in [0.29, 0.717) is 18.8 Å². The third-order valence-corrected chi connectivity index (χ3v) is 5.76. The Morgan fingerprint density at radius 2 is 2.17 bits per heavy atom. The molecule has 23 heavy (non-hydrogen) atoms. The molecule has 1 aromatic rings. The Kier molecular flexibility index (Phi) is 4.76. The summed E-state index contributed by atoms with van der Waals surface area (Å²) in [4.78, 5) is 12.0. The maximum absolute atomic E-state index is 12.0. The van der Waals surface area contributed by atoms with Crippen LogP contribution in [0.25, 0.3) is 0 Å². The van der Waals surface area contributed by atoms with Crippen molar-refractivity contribution in [1.29, 1.82) is 0 Å². The average molecular weight is 340 g/mol. The highest BCUT2D eigenvalue weighted by atomic mass is 32.2. The standard InChI is InChI=1S/C14H20N4O4S/c19-14(15-8-11-2-1-6-22-11)12-3-4-13(18-17-12)16-10-5-7-23(20,21)9-10/h3-4,10-11H,1-2,5-9H2,(H,15,19)(H,16,18). The number of ether oxygens (including phenoxy) is 1. The number of rotatable bonds is 5. The lowest BCUT2D eigenvalue weighted by Crippen LogP contribution is -2.32. The van der Waals surface area contributed by atoms with E-state index in [2.05, 4.69) is 20.8 Å². The van der Waals surface area contributed by atoms with Gasteiger partial charge in [-0.2, -0.15) is 0 Å². The van der Waals surface area contributed by atoms with Gasteiger partial charge in [0.05, 0.1) is 17.6 Å². The molecule has 8 nitrogen and oxygen atoms in total. The number of nitrogens with zero attached hydrogens (tertiary/aromatic N) is 2. The smallest absolute Gasteiger partial charge is 0.271 e. The molecular weight excluding hydrogens is 320 g/mol. The van der Waals surface area contributed by atoms with Crippen LogP contribution in [0, 0.1) is 0 Å². The number of nitrogens with one attached hydrogen (secondary N) is 2. The third kappa shape index (κ3) is 4.38. The van der Waals surface area contributed by atoms with Gasteiger partial charge >= 0.3 is 0 Å². The fraction of sp³-hybridized carbons (Fsp3) is 0.643. The fourth-order valence-corrected chi connectivity index (χ4v) is 4.42. The van der Waals surface area contributed by atoms with Gasteiger partial charge in [0.2, 0.25) is 0 Å². The van der Waals surface area contributed by atoms with Crippen molar-refractivity contribution in [3.05, 3.63) is 17.8 Å². The number of hydrogen-bond acceptors (Lipinski definition) is 7. The minimum atomic E-state index is -2.94. The van der Waals surface area contributed by atoms with Crippen molar-refractivity contribution in [3.63, 3.8) is 0 Å². The summed E-state index contributed by atoms with van der Waals surface area (Å²) in [5.41, 5.74) is 0.229. The van der Waals surface area contributed by atoms with Crippen molar-refractivity contribution in [2.75, 3.05) is 30.0 Å². The number of sulfone groups is 1. The third-order valence-electron chi connectivity index (χ3n) is 4.00. The molecule has 2 aliphatic heterocycles. The monoisotopic (exact) mass is 340 g/mol. The zero-order valence-electron chi connectivity index (χ0n) is 12.7. The summed E-state index contributed by atoms with van der Waals surface area (Å²) < 4.78 is 28.3. The van der Waals surface area contributed by atoms with Crippen LogP contribution in [0.5, 0.6) is 0 Å². The first-order valence-electron chi connectivity index (χ1n) is 7.72.